The van der Waals surface area contributed by atoms with E-state index in [0.717, 1.165) is 11.1 Å². The van der Waals surface area contributed by atoms with Crippen molar-refractivity contribution in [3.8, 4) is 22.1 Å². The van der Waals surface area contributed by atoms with Gasteiger partial charge in [0.15, 0.2) is 23.3 Å². The Morgan fingerprint density at radius 3 is 2.48 bits per heavy atom. The average molecular weight is 461 g/mol. The summed E-state index contributed by atoms with van der Waals surface area (Å²) in [6.45, 7) is 1.76. The number of ether oxygens (including phenoxy) is 3. The van der Waals surface area contributed by atoms with E-state index in [1.165, 1.54) is 18.3 Å². The van der Waals surface area contributed by atoms with Gasteiger partial charge in [-0.05, 0) is 36.8 Å². The largest absolute Gasteiger partial charge is 0.493 e. The van der Waals surface area contributed by atoms with Crippen molar-refractivity contribution in [2.75, 3.05) is 14.2 Å². The minimum atomic E-state index is -0.978. The summed E-state index contributed by atoms with van der Waals surface area (Å²) < 4.78 is 15.7. The minimum absolute atomic E-state index is 0.148. The first-order valence-corrected chi connectivity index (χ1v) is 10.6. The number of aromatic nitrogens is 1. The molecule has 1 N–H and O–H groups in total. The van der Waals surface area contributed by atoms with Gasteiger partial charge >= 0.3 is 5.97 Å². The molecule has 9 heteroatoms. The number of nitrogens with zero attached hydrogens (tertiary/aromatic N) is 1. The Kier molecular flexibility index (Phi) is 7.49. The second-order valence-electron chi connectivity index (χ2n) is 6.50. The van der Waals surface area contributed by atoms with Gasteiger partial charge in [0.05, 0.1) is 14.2 Å². The van der Waals surface area contributed by atoms with E-state index in [9.17, 15) is 9.59 Å². The molecule has 1 heterocycles. The number of hydrogen-bond acceptors (Lipinski definition) is 7. The van der Waals surface area contributed by atoms with Crippen molar-refractivity contribution < 1.29 is 23.8 Å². The number of amides is 1. The number of rotatable bonds is 8. The van der Waals surface area contributed by atoms with E-state index in [1.807, 2.05) is 18.2 Å². The molecule has 0 radical (unpaired) electrons. The number of hydrogen-bond donors (Lipinski definition) is 1. The van der Waals surface area contributed by atoms with Crippen LogP contribution < -0.4 is 14.8 Å². The first-order chi connectivity index (χ1) is 14.9. The SMILES string of the molecule is COc1ccc(CNC(=O)C(C)OC(=O)c2csc(-c3ccc(Cl)cc3)n2)cc1OC. The van der Waals surface area contributed by atoms with Crippen LogP contribution in [0.3, 0.4) is 0 Å². The molecule has 0 aliphatic carbocycles. The molecule has 0 aliphatic rings. The highest BCUT2D eigenvalue weighted by molar-refractivity contribution is 7.13. The van der Waals surface area contributed by atoms with Crippen molar-refractivity contribution in [1.82, 2.24) is 10.3 Å². The number of thiazole rings is 1. The summed E-state index contributed by atoms with van der Waals surface area (Å²) in [5.41, 5.74) is 1.81. The van der Waals surface area contributed by atoms with Crippen molar-refractivity contribution in [2.45, 2.75) is 19.6 Å². The van der Waals surface area contributed by atoms with Crippen molar-refractivity contribution >= 4 is 34.8 Å². The van der Waals surface area contributed by atoms with Crippen LogP contribution in [-0.4, -0.2) is 37.2 Å². The third kappa shape index (κ3) is 5.74. The van der Waals surface area contributed by atoms with Gasteiger partial charge in [0.1, 0.15) is 5.01 Å². The van der Waals surface area contributed by atoms with Crippen LogP contribution in [0.1, 0.15) is 23.0 Å². The molecule has 1 atom stereocenters. The van der Waals surface area contributed by atoms with Gasteiger partial charge in [-0.2, -0.15) is 0 Å². The molecule has 31 heavy (non-hydrogen) atoms. The molecular weight excluding hydrogens is 440 g/mol. The first-order valence-electron chi connectivity index (χ1n) is 9.32. The molecule has 0 saturated heterocycles. The van der Waals surface area contributed by atoms with Crippen LogP contribution in [-0.2, 0) is 16.1 Å². The van der Waals surface area contributed by atoms with Crippen LogP contribution in [0.5, 0.6) is 11.5 Å². The lowest BCUT2D eigenvalue weighted by Gasteiger charge is -2.14. The Hall–Kier alpha value is -3.10. The van der Waals surface area contributed by atoms with Gasteiger partial charge < -0.3 is 19.5 Å². The highest BCUT2D eigenvalue weighted by Crippen LogP contribution is 2.28. The summed E-state index contributed by atoms with van der Waals surface area (Å²) in [6.07, 6.45) is -0.978. The van der Waals surface area contributed by atoms with Crippen LogP contribution in [0.25, 0.3) is 10.6 Å². The maximum absolute atomic E-state index is 12.4. The predicted molar refractivity (Wildman–Crippen MR) is 119 cm³/mol. The van der Waals surface area contributed by atoms with Crippen molar-refractivity contribution in [3.05, 3.63) is 64.1 Å². The Morgan fingerprint density at radius 1 is 1.10 bits per heavy atom. The fourth-order valence-corrected chi connectivity index (χ4v) is 3.61. The van der Waals surface area contributed by atoms with E-state index >= 15 is 0 Å². The average Bonchev–Trinajstić information content (AvgIpc) is 3.28. The van der Waals surface area contributed by atoms with Gasteiger partial charge in [-0.1, -0.05) is 29.8 Å². The quantitative estimate of drug-likeness (QED) is 0.503. The van der Waals surface area contributed by atoms with Crippen LogP contribution in [0.4, 0.5) is 0 Å². The molecule has 0 bridgehead atoms. The molecule has 162 valence electrons. The van der Waals surface area contributed by atoms with E-state index in [0.29, 0.717) is 21.5 Å². The zero-order valence-electron chi connectivity index (χ0n) is 17.2. The topological polar surface area (TPSA) is 86.8 Å². The third-order valence-electron chi connectivity index (χ3n) is 4.37. The molecule has 1 amide bonds. The number of methoxy groups -OCH3 is 2. The smallest absolute Gasteiger partial charge is 0.358 e. The highest BCUT2D eigenvalue weighted by atomic mass is 35.5. The molecule has 3 rings (SSSR count). The summed E-state index contributed by atoms with van der Waals surface area (Å²) in [4.78, 5) is 29.0. The van der Waals surface area contributed by atoms with Gasteiger partial charge in [0.25, 0.3) is 5.91 Å². The molecule has 0 fully saturated rings. The maximum Gasteiger partial charge on any atom is 0.358 e. The maximum atomic E-state index is 12.4. The summed E-state index contributed by atoms with van der Waals surface area (Å²) in [5, 5.41) is 5.62. The lowest BCUT2D eigenvalue weighted by atomic mass is 10.2. The van der Waals surface area contributed by atoms with Crippen molar-refractivity contribution in [2.24, 2.45) is 0 Å². The fourth-order valence-electron chi connectivity index (χ4n) is 2.69. The van der Waals surface area contributed by atoms with E-state index in [1.54, 1.807) is 43.9 Å². The van der Waals surface area contributed by atoms with Gasteiger partial charge in [-0.25, -0.2) is 9.78 Å². The number of halogens is 1. The molecule has 0 spiro atoms. The number of esters is 1. The summed E-state index contributed by atoms with van der Waals surface area (Å²) >= 11 is 7.20. The zero-order valence-corrected chi connectivity index (χ0v) is 18.8. The molecular formula is C22H21ClN2O5S. The predicted octanol–water partition coefficient (Wildman–Crippen LogP) is 4.34. The molecule has 7 nitrogen and oxygen atoms in total. The molecule has 2 aromatic carbocycles. The summed E-state index contributed by atoms with van der Waals surface area (Å²) in [6, 6.07) is 12.5. The van der Waals surface area contributed by atoms with Crippen molar-refractivity contribution in [1.29, 1.82) is 0 Å². The Labute approximate surface area is 188 Å². The van der Waals surface area contributed by atoms with Crippen LogP contribution in [0.15, 0.2) is 47.8 Å². The second kappa shape index (κ2) is 10.3. The lowest BCUT2D eigenvalue weighted by Crippen LogP contribution is -2.35. The molecule has 0 aliphatic heterocycles. The number of nitrogens with one attached hydrogen (secondary N) is 1. The van der Waals surface area contributed by atoms with Crippen LogP contribution in [0, 0.1) is 0 Å². The van der Waals surface area contributed by atoms with Gasteiger partial charge in [0.2, 0.25) is 0 Å². The Balaban J connectivity index is 1.56. The molecule has 0 saturated carbocycles. The van der Waals surface area contributed by atoms with Crippen LogP contribution >= 0.6 is 22.9 Å². The first kappa shape index (κ1) is 22.6. The highest BCUT2D eigenvalue weighted by Gasteiger charge is 2.21. The lowest BCUT2D eigenvalue weighted by molar-refractivity contribution is -0.129. The zero-order chi connectivity index (χ0) is 22.4. The van der Waals surface area contributed by atoms with E-state index in [4.69, 9.17) is 25.8 Å². The summed E-state index contributed by atoms with van der Waals surface area (Å²) in [5.74, 6) is 0.0800. The summed E-state index contributed by atoms with van der Waals surface area (Å²) in [7, 11) is 3.09. The van der Waals surface area contributed by atoms with E-state index in [2.05, 4.69) is 10.3 Å². The third-order valence-corrected chi connectivity index (χ3v) is 5.52. The monoisotopic (exact) mass is 460 g/mol. The van der Waals surface area contributed by atoms with Gasteiger partial charge in [-0.3, -0.25) is 4.79 Å². The number of carbonyl (C=O) groups is 2. The minimum Gasteiger partial charge on any atom is -0.493 e. The molecule has 3 aromatic rings. The van der Waals surface area contributed by atoms with Crippen LogP contribution in [0.2, 0.25) is 5.02 Å². The fraction of sp³-hybridized carbons (Fsp3) is 0.227. The normalized spacial score (nSPS) is 11.5. The van der Waals surface area contributed by atoms with Gasteiger partial charge in [-0.15, -0.1) is 11.3 Å². The molecule has 1 unspecified atom stereocenters. The van der Waals surface area contributed by atoms with Gasteiger partial charge in [0, 0.05) is 22.5 Å². The second-order valence-corrected chi connectivity index (χ2v) is 7.79. The Morgan fingerprint density at radius 2 is 1.81 bits per heavy atom. The molecule has 1 aromatic heterocycles. The number of carbonyl (C=O) groups excluding carboxylic acids is 2. The van der Waals surface area contributed by atoms with Crippen molar-refractivity contribution in [3.63, 3.8) is 0 Å². The standard InChI is InChI=1S/C22H21ClN2O5S/c1-13(20(26)24-11-14-4-9-18(28-2)19(10-14)29-3)30-22(27)17-12-31-21(25-17)15-5-7-16(23)8-6-15/h4-10,12-13H,11H2,1-3H3,(H,24,26). The van der Waals surface area contributed by atoms with E-state index < -0.39 is 18.0 Å². The Bertz CT molecular complexity index is 1070. The van der Waals surface area contributed by atoms with E-state index in [-0.39, 0.29) is 12.2 Å². The number of benzene rings is 2.